The number of carbonyl (C=O) groups is 1. The van der Waals surface area contributed by atoms with Gasteiger partial charge in [0.1, 0.15) is 0 Å². The minimum absolute atomic E-state index is 0.0670. The molecule has 0 fully saturated rings. The smallest absolute Gasteiger partial charge is 0.234 e. The van der Waals surface area contributed by atoms with Gasteiger partial charge in [0.05, 0.1) is 5.75 Å². The lowest BCUT2D eigenvalue weighted by Crippen LogP contribution is -2.13. The Bertz CT molecular complexity index is 622. The van der Waals surface area contributed by atoms with Crippen LogP contribution in [0.1, 0.15) is 11.1 Å². The number of thiol groups is 1. The molecule has 0 atom stereocenters. The fraction of sp³-hybridized carbons (Fsp3) is 0.133. The summed E-state index contributed by atoms with van der Waals surface area (Å²) in [5, 5.41) is 2.91. The summed E-state index contributed by atoms with van der Waals surface area (Å²) in [6, 6.07) is 14.4. The second kappa shape index (κ2) is 4.50. The molecule has 0 saturated carbocycles. The van der Waals surface area contributed by atoms with E-state index in [0.29, 0.717) is 0 Å². The Hall–Kier alpha value is -1.74. The quantitative estimate of drug-likeness (QED) is 0.677. The lowest BCUT2D eigenvalue weighted by atomic mass is 10.1. The van der Waals surface area contributed by atoms with Crippen LogP contribution in [0.2, 0.25) is 0 Å². The van der Waals surface area contributed by atoms with Crippen molar-refractivity contribution < 1.29 is 4.79 Å². The van der Waals surface area contributed by atoms with Crippen LogP contribution in [0.5, 0.6) is 0 Å². The van der Waals surface area contributed by atoms with Gasteiger partial charge >= 0.3 is 0 Å². The molecule has 0 radical (unpaired) electrons. The van der Waals surface area contributed by atoms with E-state index >= 15 is 0 Å². The van der Waals surface area contributed by atoms with Gasteiger partial charge in [0.15, 0.2) is 0 Å². The van der Waals surface area contributed by atoms with Crippen LogP contribution in [-0.4, -0.2) is 11.7 Å². The van der Waals surface area contributed by atoms with Crippen LogP contribution in [0.15, 0.2) is 42.5 Å². The van der Waals surface area contributed by atoms with Crippen molar-refractivity contribution in [2.24, 2.45) is 0 Å². The highest BCUT2D eigenvalue weighted by Gasteiger charge is 2.20. The molecule has 90 valence electrons. The lowest BCUT2D eigenvalue weighted by Gasteiger charge is -2.09. The molecular formula is C15H13NOS. The summed E-state index contributed by atoms with van der Waals surface area (Å²) >= 11 is 3.99. The molecule has 2 nitrogen and oxygen atoms in total. The third kappa shape index (κ3) is 1.81. The molecule has 1 amide bonds. The number of rotatable bonds is 2. The van der Waals surface area contributed by atoms with Gasteiger partial charge < -0.3 is 5.32 Å². The average molecular weight is 255 g/mol. The van der Waals surface area contributed by atoms with Gasteiger partial charge in [-0.05, 0) is 28.3 Å². The number of anilines is 1. The van der Waals surface area contributed by atoms with Crippen molar-refractivity contribution in [3.8, 4) is 11.1 Å². The number of benzene rings is 2. The van der Waals surface area contributed by atoms with Crippen LogP contribution in [-0.2, 0) is 11.2 Å². The van der Waals surface area contributed by atoms with E-state index in [-0.39, 0.29) is 11.7 Å². The maximum absolute atomic E-state index is 11.5. The van der Waals surface area contributed by atoms with E-state index in [4.69, 9.17) is 0 Å². The fourth-order valence-electron chi connectivity index (χ4n) is 2.46. The second-order valence-corrected chi connectivity index (χ2v) is 4.69. The maximum atomic E-state index is 11.5. The van der Waals surface area contributed by atoms with Gasteiger partial charge in [0, 0.05) is 12.1 Å². The number of hydrogen-bond acceptors (Lipinski definition) is 2. The summed E-state index contributed by atoms with van der Waals surface area (Å²) < 4.78 is 0. The van der Waals surface area contributed by atoms with Crippen molar-refractivity contribution in [3.05, 3.63) is 53.6 Å². The average Bonchev–Trinajstić information content (AvgIpc) is 2.78. The number of amides is 1. The van der Waals surface area contributed by atoms with E-state index in [0.717, 1.165) is 12.1 Å². The molecule has 0 heterocycles. The lowest BCUT2D eigenvalue weighted by molar-refractivity contribution is -0.113. The molecule has 2 aromatic carbocycles. The zero-order valence-corrected chi connectivity index (χ0v) is 10.7. The molecular weight excluding hydrogens is 242 g/mol. The van der Waals surface area contributed by atoms with Gasteiger partial charge in [-0.25, -0.2) is 0 Å². The predicted molar refractivity (Wildman–Crippen MR) is 77.2 cm³/mol. The molecule has 0 unspecified atom stereocenters. The summed E-state index contributed by atoms with van der Waals surface area (Å²) in [5.41, 5.74) is 5.92. The van der Waals surface area contributed by atoms with Gasteiger partial charge in [0.2, 0.25) is 5.91 Å². The van der Waals surface area contributed by atoms with Crippen LogP contribution in [0.4, 0.5) is 5.69 Å². The van der Waals surface area contributed by atoms with E-state index in [1.54, 1.807) is 0 Å². The summed E-state index contributed by atoms with van der Waals surface area (Å²) in [6.07, 6.45) is 0.883. The molecule has 3 heteroatoms. The molecule has 0 bridgehead atoms. The van der Waals surface area contributed by atoms with Crippen LogP contribution < -0.4 is 5.32 Å². The number of nitrogens with one attached hydrogen (secondary N) is 1. The van der Waals surface area contributed by atoms with E-state index in [2.05, 4.69) is 42.2 Å². The van der Waals surface area contributed by atoms with Gasteiger partial charge in [-0.1, -0.05) is 36.4 Å². The minimum Gasteiger partial charge on any atom is -0.325 e. The Morgan fingerprint density at radius 3 is 2.72 bits per heavy atom. The normalized spacial score (nSPS) is 11.8. The highest BCUT2D eigenvalue weighted by atomic mass is 32.1. The van der Waals surface area contributed by atoms with Crippen LogP contribution in [0, 0.1) is 0 Å². The first kappa shape index (κ1) is 11.4. The molecule has 0 saturated heterocycles. The molecule has 1 N–H and O–H groups in total. The second-order valence-electron chi connectivity index (χ2n) is 4.37. The summed E-state index contributed by atoms with van der Waals surface area (Å²) in [6.45, 7) is 0. The third-order valence-electron chi connectivity index (χ3n) is 3.27. The first-order chi connectivity index (χ1) is 8.79. The molecule has 18 heavy (non-hydrogen) atoms. The third-order valence-corrected chi connectivity index (χ3v) is 3.56. The first-order valence-corrected chi connectivity index (χ1v) is 6.53. The predicted octanol–water partition coefficient (Wildman–Crippen LogP) is 3.13. The summed E-state index contributed by atoms with van der Waals surface area (Å²) in [5.74, 6) is 0.138. The molecule has 1 aliphatic rings. The molecule has 2 aromatic rings. The van der Waals surface area contributed by atoms with Gasteiger partial charge in [-0.15, -0.1) is 0 Å². The Kier molecular flexibility index (Phi) is 2.84. The highest BCUT2D eigenvalue weighted by Crippen LogP contribution is 2.39. The van der Waals surface area contributed by atoms with Crippen molar-refractivity contribution in [3.63, 3.8) is 0 Å². The first-order valence-electron chi connectivity index (χ1n) is 5.90. The van der Waals surface area contributed by atoms with Crippen molar-refractivity contribution in [1.82, 2.24) is 0 Å². The Balaban J connectivity index is 2.06. The fourth-order valence-corrected chi connectivity index (χ4v) is 2.54. The van der Waals surface area contributed by atoms with E-state index in [1.807, 2.05) is 18.2 Å². The minimum atomic E-state index is -0.0670. The van der Waals surface area contributed by atoms with Crippen LogP contribution >= 0.6 is 12.6 Å². The van der Waals surface area contributed by atoms with Crippen LogP contribution in [0.25, 0.3) is 11.1 Å². The number of fused-ring (bicyclic) bond motifs is 3. The van der Waals surface area contributed by atoms with E-state index in [9.17, 15) is 4.79 Å². The van der Waals surface area contributed by atoms with Crippen LogP contribution in [0.3, 0.4) is 0 Å². The maximum Gasteiger partial charge on any atom is 0.234 e. The summed E-state index contributed by atoms with van der Waals surface area (Å²) in [7, 11) is 0. The molecule has 3 rings (SSSR count). The standard InChI is InChI=1S/C15H13NOS/c17-15(9-18)16-14-7-3-6-12-11-5-2-1-4-10(11)8-13(12)14/h1-7,18H,8-9H2,(H,16,17). The van der Waals surface area contributed by atoms with Gasteiger partial charge in [0.25, 0.3) is 0 Å². The molecule has 1 aliphatic carbocycles. The van der Waals surface area contributed by atoms with E-state index < -0.39 is 0 Å². The Morgan fingerprint density at radius 1 is 1.11 bits per heavy atom. The van der Waals surface area contributed by atoms with Crippen molar-refractivity contribution in [2.45, 2.75) is 6.42 Å². The molecule has 0 aromatic heterocycles. The Labute approximate surface area is 111 Å². The monoisotopic (exact) mass is 255 g/mol. The summed E-state index contributed by atoms with van der Waals surface area (Å²) in [4.78, 5) is 11.5. The van der Waals surface area contributed by atoms with E-state index in [1.165, 1.54) is 22.3 Å². The molecule has 0 aliphatic heterocycles. The van der Waals surface area contributed by atoms with Gasteiger partial charge in [-0.3, -0.25) is 4.79 Å². The zero-order valence-electron chi connectivity index (χ0n) is 9.81. The van der Waals surface area contributed by atoms with Crippen molar-refractivity contribution in [1.29, 1.82) is 0 Å². The number of hydrogen-bond donors (Lipinski definition) is 2. The Morgan fingerprint density at radius 2 is 1.89 bits per heavy atom. The van der Waals surface area contributed by atoms with Crippen molar-refractivity contribution >= 4 is 24.2 Å². The molecule has 0 spiro atoms. The highest BCUT2D eigenvalue weighted by molar-refractivity contribution is 7.81. The SMILES string of the molecule is O=C(CS)Nc1cccc2c1Cc1ccccc1-2. The largest absolute Gasteiger partial charge is 0.325 e. The number of carbonyl (C=O) groups excluding carboxylic acids is 1. The zero-order chi connectivity index (χ0) is 12.5. The van der Waals surface area contributed by atoms with Gasteiger partial charge in [-0.2, -0.15) is 12.6 Å². The topological polar surface area (TPSA) is 29.1 Å². The van der Waals surface area contributed by atoms with Crippen molar-refractivity contribution in [2.75, 3.05) is 11.1 Å².